The van der Waals surface area contributed by atoms with Crippen molar-refractivity contribution in [3.63, 3.8) is 0 Å². The highest BCUT2D eigenvalue weighted by Crippen LogP contribution is 2.30. The van der Waals surface area contributed by atoms with Gasteiger partial charge < -0.3 is 19.7 Å². The number of hydrogen-bond donors (Lipinski definition) is 1. The largest absolute Gasteiger partial charge is 0.493 e. The standard InChI is InChI=1S/C18H29N3O5S/c1-20(14-18(22)19-9-6-12-21-10-4-5-11-21)27(23,24)15-7-8-16(25-2)17(13-15)26-3/h7-8,13H,4-6,9-12,14H2,1-3H3,(H,19,22). The monoisotopic (exact) mass is 399 g/mol. The Bertz CT molecular complexity index is 733. The van der Waals surface area contributed by atoms with Crippen molar-refractivity contribution in [3.05, 3.63) is 18.2 Å². The summed E-state index contributed by atoms with van der Waals surface area (Å²) in [6, 6.07) is 4.34. The second-order valence-electron chi connectivity index (χ2n) is 6.53. The first-order valence-corrected chi connectivity index (χ1v) is 10.5. The first-order chi connectivity index (χ1) is 12.9. The molecular formula is C18H29N3O5S. The minimum absolute atomic E-state index is 0.0458. The molecule has 1 N–H and O–H groups in total. The Balaban J connectivity index is 1.87. The number of likely N-dealkylation sites (N-methyl/N-ethyl adjacent to an activating group) is 1. The molecule has 0 saturated carbocycles. The number of ether oxygens (including phenoxy) is 2. The number of amides is 1. The predicted octanol–water partition coefficient (Wildman–Crippen LogP) is 0.926. The fourth-order valence-corrected chi connectivity index (χ4v) is 4.18. The molecule has 0 aliphatic carbocycles. The van der Waals surface area contributed by atoms with E-state index in [1.807, 2.05) is 0 Å². The van der Waals surface area contributed by atoms with Crippen molar-refractivity contribution in [1.82, 2.24) is 14.5 Å². The van der Waals surface area contributed by atoms with Crippen LogP contribution in [0.15, 0.2) is 23.1 Å². The Morgan fingerprint density at radius 2 is 1.85 bits per heavy atom. The van der Waals surface area contributed by atoms with E-state index in [2.05, 4.69) is 10.2 Å². The first-order valence-electron chi connectivity index (χ1n) is 9.06. The highest BCUT2D eigenvalue weighted by atomic mass is 32.2. The summed E-state index contributed by atoms with van der Waals surface area (Å²) in [6.45, 7) is 3.51. The van der Waals surface area contributed by atoms with E-state index in [-0.39, 0.29) is 17.3 Å². The van der Waals surface area contributed by atoms with Gasteiger partial charge in [-0.1, -0.05) is 0 Å². The van der Waals surface area contributed by atoms with Gasteiger partial charge in [-0.15, -0.1) is 0 Å². The van der Waals surface area contributed by atoms with Gasteiger partial charge in [-0.3, -0.25) is 4.79 Å². The second kappa shape index (κ2) is 9.91. The van der Waals surface area contributed by atoms with Crippen LogP contribution in [0, 0.1) is 0 Å². The van der Waals surface area contributed by atoms with Crippen LogP contribution in [-0.4, -0.2) is 77.5 Å². The lowest BCUT2D eigenvalue weighted by molar-refractivity contribution is -0.121. The quantitative estimate of drug-likeness (QED) is 0.589. The number of nitrogens with one attached hydrogen (secondary N) is 1. The van der Waals surface area contributed by atoms with Crippen LogP contribution in [-0.2, 0) is 14.8 Å². The lowest BCUT2D eigenvalue weighted by Gasteiger charge is -2.18. The van der Waals surface area contributed by atoms with Gasteiger partial charge in [0.25, 0.3) is 0 Å². The van der Waals surface area contributed by atoms with Crippen LogP contribution in [0.5, 0.6) is 11.5 Å². The van der Waals surface area contributed by atoms with E-state index in [9.17, 15) is 13.2 Å². The number of rotatable bonds is 10. The number of sulfonamides is 1. The highest BCUT2D eigenvalue weighted by Gasteiger charge is 2.24. The molecule has 1 aliphatic rings. The maximum absolute atomic E-state index is 12.7. The number of benzene rings is 1. The van der Waals surface area contributed by atoms with Crippen LogP contribution in [0.1, 0.15) is 19.3 Å². The molecule has 8 nitrogen and oxygen atoms in total. The summed E-state index contributed by atoms with van der Waals surface area (Å²) < 4.78 is 36.7. The first kappa shape index (κ1) is 21.5. The Morgan fingerprint density at radius 1 is 1.19 bits per heavy atom. The average Bonchev–Trinajstić information content (AvgIpc) is 3.18. The van der Waals surface area contributed by atoms with Crippen molar-refractivity contribution >= 4 is 15.9 Å². The zero-order chi connectivity index (χ0) is 19.9. The van der Waals surface area contributed by atoms with Gasteiger partial charge in [0.2, 0.25) is 15.9 Å². The number of carbonyl (C=O) groups is 1. The maximum atomic E-state index is 12.7. The topological polar surface area (TPSA) is 88.2 Å². The van der Waals surface area contributed by atoms with Gasteiger partial charge in [-0.05, 0) is 51.0 Å². The molecule has 0 atom stereocenters. The maximum Gasteiger partial charge on any atom is 0.243 e. The zero-order valence-electron chi connectivity index (χ0n) is 16.2. The van der Waals surface area contributed by atoms with Gasteiger partial charge in [0, 0.05) is 19.7 Å². The Kier molecular flexibility index (Phi) is 7.88. The van der Waals surface area contributed by atoms with Gasteiger partial charge in [-0.25, -0.2) is 8.42 Å². The van der Waals surface area contributed by atoms with E-state index in [0.29, 0.717) is 18.0 Å². The third kappa shape index (κ3) is 5.82. The van der Waals surface area contributed by atoms with Crippen molar-refractivity contribution in [2.24, 2.45) is 0 Å². The Hall–Kier alpha value is -1.84. The molecule has 152 valence electrons. The number of likely N-dealkylation sites (tertiary alicyclic amines) is 1. The Morgan fingerprint density at radius 3 is 2.48 bits per heavy atom. The minimum atomic E-state index is -3.81. The van der Waals surface area contributed by atoms with Crippen molar-refractivity contribution in [2.45, 2.75) is 24.2 Å². The summed E-state index contributed by atoms with van der Waals surface area (Å²) >= 11 is 0. The van der Waals surface area contributed by atoms with E-state index in [1.54, 1.807) is 0 Å². The van der Waals surface area contributed by atoms with E-state index < -0.39 is 10.0 Å². The van der Waals surface area contributed by atoms with Crippen LogP contribution in [0.25, 0.3) is 0 Å². The second-order valence-corrected chi connectivity index (χ2v) is 8.58. The molecule has 0 aromatic heterocycles. The van der Waals surface area contributed by atoms with Crippen molar-refractivity contribution in [2.75, 3.05) is 54.0 Å². The minimum Gasteiger partial charge on any atom is -0.493 e. The van der Waals surface area contributed by atoms with E-state index >= 15 is 0 Å². The average molecular weight is 400 g/mol. The lowest BCUT2D eigenvalue weighted by Crippen LogP contribution is -2.39. The molecule has 2 rings (SSSR count). The summed E-state index contributed by atoms with van der Waals surface area (Å²) in [5.74, 6) is 0.441. The lowest BCUT2D eigenvalue weighted by atomic mass is 10.3. The third-order valence-electron chi connectivity index (χ3n) is 4.60. The molecule has 1 heterocycles. The van der Waals surface area contributed by atoms with Gasteiger partial charge in [0.15, 0.2) is 11.5 Å². The van der Waals surface area contributed by atoms with E-state index in [1.165, 1.54) is 52.3 Å². The molecule has 1 aliphatic heterocycles. The summed E-state index contributed by atoms with van der Waals surface area (Å²) in [5, 5.41) is 2.79. The molecule has 0 bridgehead atoms. The zero-order valence-corrected chi connectivity index (χ0v) is 17.0. The number of methoxy groups -OCH3 is 2. The number of carbonyl (C=O) groups excluding carboxylic acids is 1. The molecule has 1 aromatic rings. The van der Waals surface area contributed by atoms with Crippen molar-refractivity contribution in [1.29, 1.82) is 0 Å². The van der Waals surface area contributed by atoms with E-state index in [0.717, 1.165) is 30.4 Å². The van der Waals surface area contributed by atoms with Crippen LogP contribution in [0.3, 0.4) is 0 Å². The van der Waals surface area contributed by atoms with Gasteiger partial charge >= 0.3 is 0 Å². The molecule has 0 unspecified atom stereocenters. The van der Waals surface area contributed by atoms with Crippen LogP contribution >= 0.6 is 0 Å². The third-order valence-corrected chi connectivity index (χ3v) is 6.40. The fraction of sp³-hybridized carbons (Fsp3) is 0.611. The molecule has 1 saturated heterocycles. The van der Waals surface area contributed by atoms with Crippen LogP contribution < -0.4 is 14.8 Å². The summed E-state index contributed by atoms with van der Waals surface area (Å²) in [7, 11) is 0.495. The molecule has 27 heavy (non-hydrogen) atoms. The molecule has 1 fully saturated rings. The van der Waals surface area contributed by atoms with Gasteiger partial charge in [-0.2, -0.15) is 4.31 Å². The smallest absolute Gasteiger partial charge is 0.243 e. The van der Waals surface area contributed by atoms with Crippen LogP contribution in [0.4, 0.5) is 0 Å². The normalized spacial score (nSPS) is 15.1. The Labute approximate surface area is 161 Å². The van der Waals surface area contributed by atoms with Crippen LogP contribution in [0.2, 0.25) is 0 Å². The van der Waals surface area contributed by atoms with E-state index in [4.69, 9.17) is 9.47 Å². The molecule has 1 amide bonds. The van der Waals surface area contributed by atoms with Crippen molar-refractivity contribution < 1.29 is 22.7 Å². The number of hydrogen-bond acceptors (Lipinski definition) is 6. The molecule has 1 aromatic carbocycles. The molecule has 9 heteroatoms. The molecule has 0 radical (unpaired) electrons. The molecular weight excluding hydrogens is 370 g/mol. The predicted molar refractivity (Wildman–Crippen MR) is 103 cm³/mol. The summed E-state index contributed by atoms with van der Waals surface area (Å²) in [5.41, 5.74) is 0. The van der Waals surface area contributed by atoms with Gasteiger partial charge in [0.05, 0.1) is 25.7 Å². The van der Waals surface area contributed by atoms with Crippen molar-refractivity contribution in [3.8, 4) is 11.5 Å². The SMILES string of the molecule is COc1ccc(S(=O)(=O)N(C)CC(=O)NCCCN2CCCC2)cc1OC. The highest BCUT2D eigenvalue weighted by molar-refractivity contribution is 7.89. The fourth-order valence-electron chi connectivity index (χ4n) is 3.04. The summed E-state index contributed by atoms with van der Waals surface area (Å²) in [6.07, 6.45) is 3.34. The summed E-state index contributed by atoms with van der Waals surface area (Å²) in [4.78, 5) is 14.5. The number of nitrogens with zero attached hydrogens (tertiary/aromatic N) is 2. The van der Waals surface area contributed by atoms with Gasteiger partial charge in [0.1, 0.15) is 0 Å². The molecule has 0 spiro atoms.